The van der Waals surface area contributed by atoms with Crippen LogP contribution in [-0.2, 0) is 4.74 Å². The molecule has 0 spiro atoms. The number of methoxy groups -OCH3 is 1. The molecule has 18 heavy (non-hydrogen) atoms. The van der Waals surface area contributed by atoms with Crippen molar-refractivity contribution in [2.45, 2.75) is 0 Å². The number of nitro groups is 1. The number of nitrogens with zero attached hydrogens (tertiary/aromatic N) is 1. The van der Waals surface area contributed by atoms with Gasteiger partial charge >= 0.3 is 5.69 Å². The van der Waals surface area contributed by atoms with Crippen LogP contribution in [0.1, 0.15) is 10.4 Å². The number of ether oxygens (including phenoxy) is 1. The number of carbonyl (C=O) groups excluding carboxylic acids is 1. The first-order chi connectivity index (χ1) is 8.47. The predicted octanol–water partition coefficient (Wildman–Crippen LogP) is 1.25. The summed E-state index contributed by atoms with van der Waals surface area (Å²) >= 11 is 0. The van der Waals surface area contributed by atoms with Gasteiger partial charge in [0.15, 0.2) is 0 Å². The van der Waals surface area contributed by atoms with Crippen LogP contribution in [0.15, 0.2) is 12.1 Å². The molecule has 6 nitrogen and oxygen atoms in total. The second kappa shape index (κ2) is 6.01. The van der Waals surface area contributed by atoms with Crippen LogP contribution >= 0.6 is 0 Å². The number of hydrogen-bond donors (Lipinski definition) is 1. The molecule has 0 bridgehead atoms. The number of nitro benzene ring substituents is 1. The highest BCUT2D eigenvalue weighted by molar-refractivity contribution is 5.94. The standard InChI is InChI=1S/C10H10F2N2O4/c1-18-3-2-13-10(15)6-4-8(12)9(14(16)17)5-7(6)11/h4-5H,2-3H2,1H3,(H,13,15). The highest BCUT2D eigenvalue weighted by Gasteiger charge is 2.21. The van der Waals surface area contributed by atoms with E-state index in [4.69, 9.17) is 0 Å². The molecule has 0 heterocycles. The number of carbonyl (C=O) groups is 1. The maximum absolute atomic E-state index is 13.4. The highest BCUT2D eigenvalue weighted by Crippen LogP contribution is 2.21. The summed E-state index contributed by atoms with van der Waals surface area (Å²) in [5.74, 6) is -3.28. The monoisotopic (exact) mass is 260 g/mol. The molecule has 8 heteroatoms. The Bertz CT molecular complexity index is 479. The van der Waals surface area contributed by atoms with Crippen molar-refractivity contribution in [1.29, 1.82) is 0 Å². The SMILES string of the molecule is COCCNC(=O)c1cc(F)c([N+](=O)[O-])cc1F. The summed E-state index contributed by atoms with van der Waals surface area (Å²) in [4.78, 5) is 20.7. The third kappa shape index (κ3) is 3.20. The highest BCUT2D eigenvalue weighted by atomic mass is 19.1. The van der Waals surface area contributed by atoms with Gasteiger partial charge in [0, 0.05) is 13.7 Å². The van der Waals surface area contributed by atoms with E-state index >= 15 is 0 Å². The van der Waals surface area contributed by atoms with E-state index in [1.165, 1.54) is 7.11 Å². The second-order valence-corrected chi connectivity index (χ2v) is 3.29. The zero-order valence-electron chi connectivity index (χ0n) is 9.41. The topological polar surface area (TPSA) is 81.5 Å². The lowest BCUT2D eigenvalue weighted by Gasteiger charge is -2.05. The normalized spacial score (nSPS) is 10.2. The first-order valence-corrected chi connectivity index (χ1v) is 4.88. The van der Waals surface area contributed by atoms with Crippen LogP contribution in [0.2, 0.25) is 0 Å². The lowest BCUT2D eigenvalue weighted by Crippen LogP contribution is -2.27. The van der Waals surface area contributed by atoms with Crippen molar-refractivity contribution in [2.24, 2.45) is 0 Å². The Balaban J connectivity index is 2.93. The predicted molar refractivity (Wildman–Crippen MR) is 57.2 cm³/mol. The molecule has 98 valence electrons. The molecular weight excluding hydrogens is 250 g/mol. The van der Waals surface area contributed by atoms with E-state index in [0.29, 0.717) is 12.1 Å². The van der Waals surface area contributed by atoms with Gasteiger partial charge in [-0.15, -0.1) is 0 Å². The Morgan fingerprint density at radius 2 is 2.11 bits per heavy atom. The molecule has 1 amide bonds. The average Bonchev–Trinajstić information content (AvgIpc) is 2.31. The van der Waals surface area contributed by atoms with E-state index in [0.717, 1.165) is 0 Å². The summed E-state index contributed by atoms with van der Waals surface area (Å²) in [6.07, 6.45) is 0. The van der Waals surface area contributed by atoms with Gasteiger partial charge in [0.1, 0.15) is 5.82 Å². The van der Waals surface area contributed by atoms with Crippen molar-refractivity contribution < 1.29 is 23.2 Å². The Kier molecular flexibility index (Phi) is 4.67. The smallest absolute Gasteiger partial charge is 0.307 e. The van der Waals surface area contributed by atoms with Gasteiger partial charge in [0.25, 0.3) is 5.91 Å². The third-order valence-corrected chi connectivity index (χ3v) is 2.07. The average molecular weight is 260 g/mol. The van der Waals surface area contributed by atoms with Gasteiger partial charge in [-0.1, -0.05) is 0 Å². The summed E-state index contributed by atoms with van der Waals surface area (Å²) in [6.45, 7) is 0.330. The van der Waals surface area contributed by atoms with Crippen LogP contribution in [0.4, 0.5) is 14.5 Å². The van der Waals surface area contributed by atoms with Gasteiger partial charge in [0.05, 0.1) is 23.2 Å². The number of halogens is 2. The molecule has 0 aliphatic heterocycles. The minimum atomic E-state index is -1.27. The summed E-state index contributed by atoms with van der Waals surface area (Å²) < 4.78 is 31.3. The fourth-order valence-electron chi connectivity index (χ4n) is 1.21. The van der Waals surface area contributed by atoms with E-state index in [-0.39, 0.29) is 13.2 Å². The molecule has 1 N–H and O–H groups in total. The fourth-order valence-corrected chi connectivity index (χ4v) is 1.21. The van der Waals surface area contributed by atoms with Crippen LogP contribution in [0.5, 0.6) is 0 Å². The van der Waals surface area contributed by atoms with Crippen molar-refractivity contribution in [2.75, 3.05) is 20.3 Å². The largest absolute Gasteiger partial charge is 0.383 e. The lowest BCUT2D eigenvalue weighted by molar-refractivity contribution is -0.387. The van der Waals surface area contributed by atoms with E-state index in [1.807, 2.05) is 0 Å². The molecule has 1 aromatic rings. The summed E-state index contributed by atoms with van der Waals surface area (Å²) in [7, 11) is 1.41. The second-order valence-electron chi connectivity index (χ2n) is 3.29. The quantitative estimate of drug-likeness (QED) is 0.490. The molecule has 0 aliphatic rings. The van der Waals surface area contributed by atoms with Crippen LogP contribution in [0, 0.1) is 21.7 Å². The number of amides is 1. The molecular formula is C10H10F2N2O4. The zero-order valence-corrected chi connectivity index (χ0v) is 9.41. The van der Waals surface area contributed by atoms with Gasteiger partial charge in [0.2, 0.25) is 5.82 Å². The summed E-state index contributed by atoms with van der Waals surface area (Å²) in [5, 5.41) is 12.6. The van der Waals surface area contributed by atoms with Gasteiger partial charge in [-0.2, -0.15) is 4.39 Å². The zero-order chi connectivity index (χ0) is 13.7. The van der Waals surface area contributed by atoms with Gasteiger partial charge in [-0.3, -0.25) is 14.9 Å². The molecule has 0 saturated heterocycles. The minimum Gasteiger partial charge on any atom is -0.383 e. The number of rotatable bonds is 5. The molecule has 0 fully saturated rings. The van der Waals surface area contributed by atoms with Crippen molar-refractivity contribution in [3.63, 3.8) is 0 Å². The van der Waals surface area contributed by atoms with Gasteiger partial charge in [-0.25, -0.2) is 4.39 Å². The summed E-state index contributed by atoms with van der Waals surface area (Å²) in [5.41, 5.74) is -1.60. The molecule has 0 atom stereocenters. The van der Waals surface area contributed by atoms with Crippen LogP contribution in [0.3, 0.4) is 0 Å². The maximum Gasteiger partial charge on any atom is 0.307 e. The van der Waals surface area contributed by atoms with Gasteiger partial charge < -0.3 is 10.1 Å². The lowest BCUT2D eigenvalue weighted by atomic mass is 10.1. The van der Waals surface area contributed by atoms with Crippen molar-refractivity contribution >= 4 is 11.6 Å². The van der Waals surface area contributed by atoms with Crippen LogP contribution in [-0.4, -0.2) is 31.1 Å². The fraction of sp³-hybridized carbons (Fsp3) is 0.300. The molecule has 0 unspecified atom stereocenters. The maximum atomic E-state index is 13.4. The third-order valence-electron chi connectivity index (χ3n) is 2.07. The van der Waals surface area contributed by atoms with Crippen molar-refractivity contribution in [1.82, 2.24) is 5.32 Å². The number of benzene rings is 1. The Morgan fingerprint density at radius 3 is 2.67 bits per heavy atom. The number of nitrogens with one attached hydrogen (secondary N) is 1. The van der Waals surface area contributed by atoms with E-state index in [1.54, 1.807) is 0 Å². The first-order valence-electron chi connectivity index (χ1n) is 4.88. The van der Waals surface area contributed by atoms with Gasteiger partial charge in [-0.05, 0) is 6.07 Å². The van der Waals surface area contributed by atoms with E-state index < -0.39 is 33.7 Å². The Morgan fingerprint density at radius 1 is 1.44 bits per heavy atom. The Labute approximate surface area is 101 Å². The molecule has 1 rings (SSSR count). The van der Waals surface area contributed by atoms with Crippen LogP contribution in [0.25, 0.3) is 0 Å². The van der Waals surface area contributed by atoms with Crippen molar-refractivity contribution in [3.8, 4) is 0 Å². The molecule has 1 aromatic carbocycles. The van der Waals surface area contributed by atoms with Crippen molar-refractivity contribution in [3.05, 3.63) is 39.4 Å². The van der Waals surface area contributed by atoms with E-state index in [2.05, 4.69) is 10.1 Å². The number of hydrogen-bond acceptors (Lipinski definition) is 4. The Hall–Kier alpha value is -2.09. The molecule has 0 aliphatic carbocycles. The van der Waals surface area contributed by atoms with E-state index in [9.17, 15) is 23.7 Å². The van der Waals surface area contributed by atoms with Crippen LogP contribution < -0.4 is 5.32 Å². The molecule has 0 radical (unpaired) electrons. The molecule has 0 saturated carbocycles. The first kappa shape index (κ1) is 14.0. The summed E-state index contributed by atoms with van der Waals surface area (Å²) in [6, 6.07) is 0.871. The molecule has 0 aromatic heterocycles. The minimum absolute atomic E-state index is 0.118.